The lowest BCUT2D eigenvalue weighted by Crippen LogP contribution is -2.33. The summed E-state index contributed by atoms with van der Waals surface area (Å²) >= 11 is 6.06. The molecule has 1 unspecified atom stereocenters. The lowest BCUT2D eigenvalue weighted by molar-refractivity contribution is 0.190. The van der Waals surface area contributed by atoms with E-state index in [2.05, 4.69) is 15.3 Å². The van der Waals surface area contributed by atoms with Crippen LogP contribution in [-0.2, 0) is 0 Å². The van der Waals surface area contributed by atoms with Crippen molar-refractivity contribution in [1.29, 1.82) is 0 Å². The zero-order valence-electron chi connectivity index (χ0n) is 14.1. The van der Waals surface area contributed by atoms with Crippen LogP contribution in [0.1, 0.15) is 24.4 Å². The molecule has 3 rings (SSSR count). The molecule has 0 fully saturated rings. The molecule has 1 amide bonds. The highest BCUT2D eigenvalue weighted by Gasteiger charge is 2.23. The molecule has 0 spiro atoms. The summed E-state index contributed by atoms with van der Waals surface area (Å²) in [5.41, 5.74) is -0.942. The monoisotopic (exact) mass is 394 g/mol. The van der Waals surface area contributed by atoms with E-state index >= 15 is 0 Å². The van der Waals surface area contributed by atoms with E-state index in [4.69, 9.17) is 16.7 Å². The van der Waals surface area contributed by atoms with Gasteiger partial charge in [-0.3, -0.25) is 14.3 Å². The maximum atomic E-state index is 14.3. The highest BCUT2D eigenvalue weighted by molar-refractivity contribution is 6.35. The number of nitrogens with zero attached hydrogens (tertiary/aromatic N) is 3. The molecule has 27 heavy (non-hydrogen) atoms. The summed E-state index contributed by atoms with van der Waals surface area (Å²) in [7, 11) is 0. The Kier molecular flexibility index (Phi) is 4.79. The van der Waals surface area contributed by atoms with Crippen molar-refractivity contribution < 1.29 is 18.7 Å². The average molecular weight is 395 g/mol. The maximum absolute atomic E-state index is 14.3. The predicted octanol–water partition coefficient (Wildman–Crippen LogP) is 3.35. The third kappa shape index (κ3) is 3.21. The highest BCUT2D eigenvalue weighted by atomic mass is 35.5. The van der Waals surface area contributed by atoms with E-state index < -0.39 is 29.3 Å². The fraction of sp³-hybridized carbons (Fsp3) is 0.176. The average Bonchev–Trinajstić information content (AvgIpc) is 2.60. The first-order valence-electron chi connectivity index (χ1n) is 7.73. The number of fused-ring (bicyclic) bond motifs is 1. The van der Waals surface area contributed by atoms with Crippen molar-refractivity contribution in [1.82, 2.24) is 19.9 Å². The van der Waals surface area contributed by atoms with Gasteiger partial charge in [0.2, 0.25) is 0 Å². The first-order valence-corrected chi connectivity index (χ1v) is 8.10. The summed E-state index contributed by atoms with van der Waals surface area (Å²) < 4.78 is 29.2. The van der Waals surface area contributed by atoms with Crippen LogP contribution in [0.15, 0.2) is 29.3 Å². The van der Waals surface area contributed by atoms with Gasteiger partial charge in [0.05, 0.1) is 34.5 Å². The first-order chi connectivity index (χ1) is 12.7. The molecule has 0 radical (unpaired) electrons. The van der Waals surface area contributed by atoms with E-state index in [1.165, 1.54) is 26.1 Å². The molecule has 2 N–H and O–H groups in total. The number of hydrogen-bond acceptors (Lipinski definition) is 4. The van der Waals surface area contributed by atoms with Gasteiger partial charge in [-0.2, -0.15) is 0 Å². The molecular weight excluding hydrogens is 382 g/mol. The summed E-state index contributed by atoms with van der Waals surface area (Å²) in [6.45, 7) is 2.85. The summed E-state index contributed by atoms with van der Waals surface area (Å²) in [6.07, 6.45) is 0.838. The van der Waals surface area contributed by atoms with E-state index in [0.717, 1.165) is 16.8 Å². The summed E-state index contributed by atoms with van der Waals surface area (Å²) in [5, 5.41) is 10.9. The van der Waals surface area contributed by atoms with Crippen LogP contribution in [0, 0.1) is 18.6 Å². The molecule has 2 heterocycles. The third-order valence-electron chi connectivity index (χ3n) is 4.05. The van der Waals surface area contributed by atoms with Gasteiger partial charge in [0.25, 0.3) is 5.56 Å². The van der Waals surface area contributed by atoms with Crippen LogP contribution in [0.3, 0.4) is 0 Å². The number of pyridine rings is 1. The fourth-order valence-electron chi connectivity index (χ4n) is 2.72. The minimum atomic E-state index is -1.37. The van der Waals surface area contributed by atoms with E-state index in [1.807, 2.05) is 0 Å². The zero-order valence-corrected chi connectivity index (χ0v) is 14.9. The normalized spacial score (nSPS) is 12.2. The molecule has 2 aromatic heterocycles. The number of nitrogens with one attached hydrogen (secondary N) is 1. The van der Waals surface area contributed by atoms with Gasteiger partial charge in [0, 0.05) is 5.56 Å². The first kappa shape index (κ1) is 18.7. The van der Waals surface area contributed by atoms with Crippen LogP contribution in [0.25, 0.3) is 16.6 Å². The minimum absolute atomic E-state index is 0.0370. The Hall–Kier alpha value is -3.07. The number of hydrogen-bond donors (Lipinski definition) is 2. The lowest BCUT2D eigenvalue weighted by Gasteiger charge is -2.20. The SMILES string of the molecule is Cc1c(F)cncc1-n1c(C(C)NC(=O)O)nc2c(F)ccc(Cl)c2c1=O. The fourth-order valence-corrected chi connectivity index (χ4v) is 2.96. The topological polar surface area (TPSA) is 97.1 Å². The van der Waals surface area contributed by atoms with Gasteiger partial charge < -0.3 is 10.4 Å². The molecule has 0 bridgehead atoms. The molecule has 1 atom stereocenters. The summed E-state index contributed by atoms with van der Waals surface area (Å²) in [6, 6.07) is 1.25. The van der Waals surface area contributed by atoms with Crippen LogP contribution < -0.4 is 10.9 Å². The van der Waals surface area contributed by atoms with Gasteiger partial charge in [-0.05, 0) is 26.0 Å². The smallest absolute Gasteiger partial charge is 0.405 e. The van der Waals surface area contributed by atoms with Crippen LogP contribution in [0.2, 0.25) is 5.02 Å². The van der Waals surface area contributed by atoms with Crippen molar-refractivity contribution in [3.8, 4) is 5.69 Å². The Morgan fingerprint density at radius 3 is 2.67 bits per heavy atom. The molecule has 1 aromatic carbocycles. The van der Waals surface area contributed by atoms with Gasteiger partial charge in [-0.15, -0.1) is 0 Å². The second kappa shape index (κ2) is 6.92. The molecule has 0 saturated heterocycles. The maximum Gasteiger partial charge on any atom is 0.405 e. The lowest BCUT2D eigenvalue weighted by atomic mass is 10.1. The van der Waals surface area contributed by atoms with Crippen molar-refractivity contribution >= 4 is 28.6 Å². The zero-order chi connectivity index (χ0) is 19.9. The Bertz CT molecular complexity index is 1130. The Labute approximate surface area is 156 Å². The second-order valence-electron chi connectivity index (χ2n) is 5.80. The van der Waals surface area contributed by atoms with E-state index in [9.17, 15) is 18.4 Å². The summed E-state index contributed by atoms with van der Waals surface area (Å²) in [4.78, 5) is 32.0. The van der Waals surface area contributed by atoms with Crippen LogP contribution in [0.5, 0.6) is 0 Å². The van der Waals surface area contributed by atoms with Gasteiger partial charge in [0.1, 0.15) is 23.0 Å². The number of carbonyl (C=O) groups is 1. The van der Waals surface area contributed by atoms with Crippen LogP contribution >= 0.6 is 11.6 Å². The van der Waals surface area contributed by atoms with Crippen LogP contribution in [0.4, 0.5) is 13.6 Å². The van der Waals surface area contributed by atoms with Crippen LogP contribution in [-0.4, -0.2) is 25.7 Å². The number of benzene rings is 1. The molecule has 7 nitrogen and oxygen atoms in total. The molecule has 10 heteroatoms. The molecule has 0 saturated carbocycles. The highest BCUT2D eigenvalue weighted by Crippen LogP contribution is 2.26. The Balaban J connectivity index is 2.47. The quantitative estimate of drug-likeness (QED) is 0.710. The number of carboxylic acid groups (broad SMARTS) is 1. The Morgan fingerprint density at radius 2 is 2.00 bits per heavy atom. The number of rotatable bonds is 3. The number of amides is 1. The molecule has 140 valence electrons. The largest absolute Gasteiger partial charge is 0.465 e. The van der Waals surface area contributed by atoms with Crippen molar-refractivity contribution in [3.05, 3.63) is 62.9 Å². The standard InChI is InChI=1S/C17H13ClF2N4O3/c1-7-11(20)5-21-6-12(7)24-15(8(2)22-17(26)27)23-14-10(19)4-3-9(18)13(14)16(24)25/h3-6,8,22H,1-2H3,(H,26,27). The molecule has 0 aliphatic heterocycles. The van der Waals surface area contributed by atoms with Gasteiger partial charge in [-0.1, -0.05) is 11.6 Å². The molecule has 0 aliphatic carbocycles. The predicted molar refractivity (Wildman–Crippen MR) is 94.4 cm³/mol. The van der Waals surface area contributed by atoms with E-state index in [-0.39, 0.29) is 33.0 Å². The van der Waals surface area contributed by atoms with E-state index in [1.54, 1.807) is 0 Å². The van der Waals surface area contributed by atoms with E-state index in [0.29, 0.717) is 0 Å². The molecular formula is C17H13ClF2N4O3. The Morgan fingerprint density at radius 1 is 1.30 bits per heavy atom. The molecule has 3 aromatic rings. The van der Waals surface area contributed by atoms with Gasteiger partial charge >= 0.3 is 6.09 Å². The number of halogens is 3. The summed E-state index contributed by atoms with van der Waals surface area (Å²) in [5.74, 6) is -1.60. The number of aromatic nitrogens is 3. The van der Waals surface area contributed by atoms with Crippen molar-refractivity contribution in [2.75, 3.05) is 0 Å². The third-order valence-corrected chi connectivity index (χ3v) is 4.36. The second-order valence-corrected chi connectivity index (χ2v) is 6.21. The van der Waals surface area contributed by atoms with Crippen molar-refractivity contribution in [2.24, 2.45) is 0 Å². The molecule has 0 aliphatic rings. The van der Waals surface area contributed by atoms with Gasteiger partial charge in [-0.25, -0.2) is 18.6 Å². The van der Waals surface area contributed by atoms with Gasteiger partial charge in [0.15, 0.2) is 0 Å². The van der Waals surface area contributed by atoms with Crippen molar-refractivity contribution in [2.45, 2.75) is 19.9 Å². The minimum Gasteiger partial charge on any atom is -0.465 e. The van der Waals surface area contributed by atoms with Crippen molar-refractivity contribution in [3.63, 3.8) is 0 Å².